The van der Waals surface area contributed by atoms with Gasteiger partial charge in [-0.2, -0.15) is 0 Å². The number of hydrogen-bond acceptors (Lipinski definition) is 4. The van der Waals surface area contributed by atoms with E-state index in [1.54, 1.807) is 0 Å². The van der Waals surface area contributed by atoms with E-state index >= 15 is 0 Å². The van der Waals surface area contributed by atoms with Crippen molar-refractivity contribution in [2.45, 2.75) is 69.9 Å². The van der Waals surface area contributed by atoms with Crippen LogP contribution in [-0.4, -0.2) is 54.7 Å². The van der Waals surface area contributed by atoms with E-state index in [4.69, 9.17) is 10.5 Å². The van der Waals surface area contributed by atoms with Gasteiger partial charge in [0.15, 0.2) is 0 Å². The highest BCUT2D eigenvalue weighted by atomic mass is 35.5. The van der Waals surface area contributed by atoms with E-state index < -0.39 is 0 Å². The molecule has 1 heterocycles. The molecule has 0 atom stereocenters. The number of carbonyl (C=O) groups is 1. The molecule has 1 amide bonds. The van der Waals surface area contributed by atoms with Crippen LogP contribution >= 0.6 is 24.8 Å². The average Bonchev–Trinajstić information content (AvgIpc) is 2.51. The van der Waals surface area contributed by atoms with Crippen molar-refractivity contribution in [1.29, 1.82) is 0 Å². The Morgan fingerprint density at radius 3 is 2.46 bits per heavy atom. The number of nitrogens with one attached hydrogen (secondary N) is 1. The minimum absolute atomic E-state index is 0. The van der Waals surface area contributed by atoms with Crippen LogP contribution in [-0.2, 0) is 9.53 Å². The van der Waals surface area contributed by atoms with Crippen LogP contribution in [0.2, 0.25) is 0 Å². The summed E-state index contributed by atoms with van der Waals surface area (Å²) in [5.41, 5.74) is 5.52. The Kier molecular flexibility index (Phi) is 10.8. The van der Waals surface area contributed by atoms with Gasteiger partial charge in [-0.15, -0.1) is 24.8 Å². The zero-order valence-corrected chi connectivity index (χ0v) is 16.8. The molecule has 144 valence electrons. The molecule has 0 radical (unpaired) electrons. The summed E-state index contributed by atoms with van der Waals surface area (Å²) < 4.78 is 5.87. The number of carbonyl (C=O) groups excluding carboxylic acids is 1. The number of rotatable bonds is 6. The molecule has 0 aromatic carbocycles. The fourth-order valence-electron chi connectivity index (χ4n) is 3.85. The number of morpholine rings is 1. The van der Waals surface area contributed by atoms with Crippen molar-refractivity contribution in [3.05, 3.63) is 0 Å². The number of halogens is 2. The van der Waals surface area contributed by atoms with Gasteiger partial charge in [-0.05, 0) is 39.7 Å². The van der Waals surface area contributed by atoms with Crippen molar-refractivity contribution in [3.8, 4) is 0 Å². The Balaban J connectivity index is 0.00000264. The molecule has 0 aromatic rings. The van der Waals surface area contributed by atoms with Crippen LogP contribution in [0.1, 0.15) is 58.8 Å². The molecule has 0 bridgehead atoms. The number of hydrogen-bond donors (Lipinski definition) is 2. The summed E-state index contributed by atoms with van der Waals surface area (Å²) in [6, 6.07) is 0. The molecule has 0 spiro atoms. The van der Waals surface area contributed by atoms with Crippen LogP contribution in [0, 0.1) is 0 Å². The predicted octanol–water partition coefficient (Wildman–Crippen LogP) is 2.50. The number of nitrogens with zero attached hydrogens (tertiary/aromatic N) is 1. The van der Waals surface area contributed by atoms with Crippen molar-refractivity contribution in [3.63, 3.8) is 0 Å². The van der Waals surface area contributed by atoms with Gasteiger partial charge in [0.05, 0.1) is 12.2 Å². The van der Waals surface area contributed by atoms with Crippen LogP contribution in [0.25, 0.3) is 0 Å². The van der Waals surface area contributed by atoms with E-state index in [0.717, 1.165) is 32.7 Å². The van der Waals surface area contributed by atoms with Crippen molar-refractivity contribution in [2.24, 2.45) is 5.73 Å². The van der Waals surface area contributed by atoms with Gasteiger partial charge in [0, 0.05) is 31.6 Å². The maximum Gasteiger partial charge on any atom is 0.220 e. The van der Waals surface area contributed by atoms with Gasteiger partial charge < -0.3 is 15.8 Å². The Morgan fingerprint density at radius 1 is 1.21 bits per heavy atom. The Hall–Kier alpha value is -0.0700. The Morgan fingerprint density at radius 2 is 1.88 bits per heavy atom. The van der Waals surface area contributed by atoms with E-state index in [1.165, 1.54) is 32.1 Å². The van der Waals surface area contributed by atoms with Crippen LogP contribution in [0.4, 0.5) is 0 Å². The second-order valence-corrected chi connectivity index (χ2v) is 7.48. The molecule has 24 heavy (non-hydrogen) atoms. The van der Waals surface area contributed by atoms with E-state index in [0.29, 0.717) is 13.0 Å². The minimum Gasteiger partial charge on any atom is -0.373 e. The molecule has 2 fully saturated rings. The lowest BCUT2D eigenvalue weighted by Gasteiger charge is -2.51. The normalized spacial score (nSPS) is 22.8. The quantitative estimate of drug-likeness (QED) is 0.739. The summed E-state index contributed by atoms with van der Waals surface area (Å²) in [5, 5.41) is 3.18. The van der Waals surface area contributed by atoms with E-state index in [-0.39, 0.29) is 41.9 Å². The van der Waals surface area contributed by atoms with Gasteiger partial charge in [0.1, 0.15) is 0 Å². The van der Waals surface area contributed by atoms with Crippen LogP contribution < -0.4 is 11.1 Å². The zero-order valence-electron chi connectivity index (χ0n) is 15.1. The lowest BCUT2D eigenvalue weighted by molar-refractivity contribution is -0.129. The molecule has 1 aliphatic heterocycles. The SMILES string of the molecule is CC1(C)CN(C2(CNC(=O)CCCN)CCCCC2)CCO1.Cl.Cl. The summed E-state index contributed by atoms with van der Waals surface area (Å²) in [7, 11) is 0. The third kappa shape index (κ3) is 6.68. The van der Waals surface area contributed by atoms with Gasteiger partial charge in [-0.3, -0.25) is 9.69 Å². The highest BCUT2D eigenvalue weighted by molar-refractivity contribution is 5.85. The highest BCUT2D eigenvalue weighted by Gasteiger charge is 2.42. The van der Waals surface area contributed by atoms with Crippen molar-refractivity contribution < 1.29 is 9.53 Å². The zero-order chi connectivity index (χ0) is 16.1. The number of amides is 1. The van der Waals surface area contributed by atoms with Crippen LogP contribution in [0.3, 0.4) is 0 Å². The standard InChI is InChI=1S/C17H33N3O2.2ClH/c1-16(2)14-20(11-12-22-16)17(8-4-3-5-9-17)13-19-15(21)7-6-10-18;;/h3-14,18H2,1-2H3,(H,19,21);2*1H. The molecule has 3 N–H and O–H groups in total. The van der Waals surface area contributed by atoms with Crippen LogP contribution in [0.5, 0.6) is 0 Å². The fourth-order valence-corrected chi connectivity index (χ4v) is 3.85. The fraction of sp³-hybridized carbons (Fsp3) is 0.941. The second-order valence-electron chi connectivity index (χ2n) is 7.48. The summed E-state index contributed by atoms with van der Waals surface area (Å²) in [5.74, 6) is 0.142. The monoisotopic (exact) mass is 383 g/mol. The molecular weight excluding hydrogens is 349 g/mol. The van der Waals surface area contributed by atoms with Gasteiger partial charge in [0.2, 0.25) is 5.91 Å². The first-order valence-electron chi connectivity index (χ1n) is 8.83. The van der Waals surface area contributed by atoms with Gasteiger partial charge in [-0.25, -0.2) is 0 Å². The Bertz CT molecular complexity index is 375. The Labute approximate surface area is 159 Å². The molecule has 2 rings (SSSR count). The summed E-state index contributed by atoms with van der Waals surface area (Å²) in [6.07, 6.45) is 7.51. The summed E-state index contributed by atoms with van der Waals surface area (Å²) in [6.45, 7) is 8.39. The smallest absolute Gasteiger partial charge is 0.220 e. The topological polar surface area (TPSA) is 67.6 Å². The van der Waals surface area contributed by atoms with E-state index in [1.807, 2.05) is 0 Å². The molecule has 1 aliphatic carbocycles. The highest BCUT2D eigenvalue weighted by Crippen LogP contribution is 2.36. The van der Waals surface area contributed by atoms with Crippen molar-refractivity contribution in [1.82, 2.24) is 10.2 Å². The lowest BCUT2D eigenvalue weighted by atomic mass is 9.79. The van der Waals surface area contributed by atoms with Gasteiger partial charge in [-0.1, -0.05) is 19.3 Å². The molecule has 0 unspecified atom stereocenters. The maximum atomic E-state index is 12.0. The third-order valence-corrected chi connectivity index (χ3v) is 5.10. The van der Waals surface area contributed by atoms with Gasteiger partial charge >= 0.3 is 0 Å². The first-order valence-corrected chi connectivity index (χ1v) is 8.83. The second kappa shape index (κ2) is 10.8. The number of ether oxygens (including phenoxy) is 1. The van der Waals surface area contributed by atoms with Crippen molar-refractivity contribution >= 4 is 30.7 Å². The molecule has 7 heteroatoms. The molecular formula is C17H35Cl2N3O2. The third-order valence-electron chi connectivity index (χ3n) is 5.10. The number of nitrogens with two attached hydrogens (primary N) is 1. The van der Waals surface area contributed by atoms with Gasteiger partial charge in [0.25, 0.3) is 0 Å². The predicted molar refractivity (Wildman–Crippen MR) is 103 cm³/mol. The lowest BCUT2D eigenvalue weighted by Crippen LogP contribution is -2.63. The summed E-state index contributed by atoms with van der Waals surface area (Å²) in [4.78, 5) is 14.6. The van der Waals surface area contributed by atoms with E-state index in [2.05, 4.69) is 24.1 Å². The molecule has 1 saturated heterocycles. The molecule has 5 nitrogen and oxygen atoms in total. The summed E-state index contributed by atoms with van der Waals surface area (Å²) >= 11 is 0. The molecule has 2 aliphatic rings. The van der Waals surface area contributed by atoms with E-state index in [9.17, 15) is 4.79 Å². The minimum atomic E-state index is -0.0910. The average molecular weight is 384 g/mol. The van der Waals surface area contributed by atoms with Crippen molar-refractivity contribution in [2.75, 3.05) is 32.8 Å². The van der Waals surface area contributed by atoms with Crippen LogP contribution in [0.15, 0.2) is 0 Å². The first kappa shape index (κ1) is 23.9. The first-order chi connectivity index (χ1) is 10.5. The molecule has 0 aromatic heterocycles. The maximum absolute atomic E-state index is 12.0. The molecule has 1 saturated carbocycles. The largest absolute Gasteiger partial charge is 0.373 e.